The predicted octanol–water partition coefficient (Wildman–Crippen LogP) is -2.04. The Balaban J connectivity index is 1.92. The van der Waals surface area contributed by atoms with Crippen LogP contribution in [0.1, 0.15) is 78.0 Å². The van der Waals surface area contributed by atoms with Gasteiger partial charge in [-0.05, 0) is 62.1 Å². The minimum absolute atomic E-state index is 0.0415. The van der Waals surface area contributed by atoms with Gasteiger partial charge in [0, 0.05) is 44.9 Å². The summed E-state index contributed by atoms with van der Waals surface area (Å²) in [7, 11) is 1.35. The van der Waals surface area contributed by atoms with Crippen LogP contribution < -0.4 is 43.8 Å². The third kappa shape index (κ3) is 15.7. The van der Waals surface area contributed by atoms with Crippen LogP contribution in [0.25, 0.3) is 0 Å². The molecule has 0 radical (unpaired) electrons. The summed E-state index contributed by atoms with van der Waals surface area (Å²) in [6.45, 7) is 8.16. The van der Waals surface area contributed by atoms with Crippen molar-refractivity contribution in [2.75, 3.05) is 26.7 Å². The maximum Gasteiger partial charge on any atom is 0.326 e. The number of amides is 7. The Kier molecular flexibility index (Phi) is 20.8. The van der Waals surface area contributed by atoms with Crippen molar-refractivity contribution in [3.05, 3.63) is 48.0 Å². The van der Waals surface area contributed by atoms with Crippen LogP contribution >= 0.6 is 0 Å². The topological polar surface area (TPSA) is 363 Å². The summed E-state index contributed by atoms with van der Waals surface area (Å²) >= 11 is 0. The van der Waals surface area contributed by atoms with E-state index in [0.29, 0.717) is 30.5 Å². The lowest BCUT2D eigenvalue weighted by molar-refractivity contribution is -0.152. The van der Waals surface area contributed by atoms with Gasteiger partial charge in [0.05, 0.1) is 12.9 Å². The number of benzene rings is 1. The summed E-state index contributed by atoms with van der Waals surface area (Å²) < 4.78 is 0. The van der Waals surface area contributed by atoms with Gasteiger partial charge in [-0.1, -0.05) is 46.2 Å². The Morgan fingerprint density at radius 2 is 1.50 bits per heavy atom. The smallest absolute Gasteiger partial charge is 0.326 e. The van der Waals surface area contributed by atoms with Crippen molar-refractivity contribution in [2.24, 2.45) is 34.0 Å². The van der Waals surface area contributed by atoms with Crippen LogP contribution in [-0.4, -0.2) is 152 Å². The fourth-order valence-corrected chi connectivity index (χ4v) is 7.27. The molecule has 66 heavy (non-hydrogen) atoms. The number of aromatic hydroxyl groups is 1. The number of aliphatic imine (C=N–C) groups is 1. The molecular formula is C43H67N13O10. The molecule has 1 aromatic carbocycles. The van der Waals surface area contributed by atoms with E-state index in [1.807, 2.05) is 0 Å². The second kappa shape index (κ2) is 25.6. The molecule has 7 amide bonds. The average molecular weight is 926 g/mol. The molecule has 0 bridgehead atoms. The number of likely N-dealkylation sites (N-methyl/N-ethyl adjacent to an activating group) is 1. The molecule has 1 aliphatic rings. The van der Waals surface area contributed by atoms with E-state index in [0.717, 1.165) is 4.90 Å². The number of nitrogens with one attached hydrogen (secondary N) is 6. The molecule has 3 rings (SSSR count). The van der Waals surface area contributed by atoms with Crippen LogP contribution in [0.3, 0.4) is 0 Å². The number of H-pyrrole nitrogens is 1. The zero-order chi connectivity index (χ0) is 49.2. The van der Waals surface area contributed by atoms with Crippen molar-refractivity contribution >= 4 is 53.3 Å². The van der Waals surface area contributed by atoms with Gasteiger partial charge in [0.25, 0.3) is 0 Å². The number of hydrogen-bond donors (Lipinski definition) is 11. The molecule has 1 aliphatic heterocycles. The van der Waals surface area contributed by atoms with Crippen molar-refractivity contribution < 1.29 is 48.6 Å². The first-order valence-corrected chi connectivity index (χ1v) is 22.0. The molecule has 0 spiro atoms. The highest BCUT2D eigenvalue weighted by Crippen LogP contribution is 2.22. The number of guanidine groups is 1. The lowest BCUT2D eigenvalue weighted by Gasteiger charge is -2.33. The Bertz CT molecular complexity index is 2010. The SMILES string of the molecule is CC[C@H](C)[C@H](NC(=O)[C@H](Cc1ccc(O)cc1)NC(=O)[C@@H](NC(=O)[C@H](CCCN=C(N)N)NC(=O)CN)C(C)C)C(=O)N[C@@H](Cc1cnc[nH]1)C(=O)N1CCC[C@H]1C(=O)N(C)[C@H](C)C(=O)O. The summed E-state index contributed by atoms with van der Waals surface area (Å²) in [6, 6.07) is -2.43. The number of carboxylic acids is 1. The molecule has 8 atom stereocenters. The molecule has 14 N–H and O–H groups in total. The van der Waals surface area contributed by atoms with E-state index in [9.17, 15) is 48.6 Å². The van der Waals surface area contributed by atoms with Crippen LogP contribution in [-0.2, 0) is 51.2 Å². The average Bonchev–Trinajstić information content (AvgIpc) is 4.00. The summed E-state index contributed by atoms with van der Waals surface area (Å²) in [4.78, 5) is 122. The lowest BCUT2D eigenvalue weighted by atomic mass is 9.96. The number of hydrogen-bond acceptors (Lipinski definition) is 12. The fourth-order valence-electron chi connectivity index (χ4n) is 7.27. The molecule has 23 nitrogen and oxygen atoms in total. The van der Waals surface area contributed by atoms with Gasteiger partial charge in [-0.25, -0.2) is 9.78 Å². The van der Waals surface area contributed by atoms with Crippen LogP contribution in [0.15, 0.2) is 41.8 Å². The van der Waals surface area contributed by atoms with E-state index < -0.39 is 108 Å². The molecule has 0 saturated carbocycles. The van der Waals surface area contributed by atoms with Crippen molar-refractivity contribution in [3.63, 3.8) is 0 Å². The van der Waals surface area contributed by atoms with Gasteiger partial charge in [0.1, 0.15) is 48.0 Å². The number of phenols is 1. The van der Waals surface area contributed by atoms with E-state index in [4.69, 9.17) is 17.2 Å². The number of phenolic OH excluding ortho intramolecular Hbond substituents is 1. The first-order valence-electron chi connectivity index (χ1n) is 22.0. The number of aromatic amines is 1. The molecule has 1 aromatic heterocycles. The van der Waals surface area contributed by atoms with Crippen LogP contribution in [0.4, 0.5) is 0 Å². The molecular weight excluding hydrogens is 859 g/mol. The number of nitrogens with zero attached hydrogens (tertiary/aromatic N) is 4. The standard InChI is InChI=1S/C43H67N13O10/c1-7-24(4)35(39(62)52-31(19-27-21-47-22-49-27)40(63)56-17-9-11-32(56)41(64)55(6)25(5)42(65)66)54-37(60)30(18-26-12-14-28(57)15-13-26)51-38(61)34(23(2)3)53-36(59)29(50-33(58)20-44)10-8-16-48-43(45)46/h12-15,21-25,29-32,34-35,57H,7-11,16-20,44H2,1-6H3,(H,47,49)(H,50,58)(H,51,61)(H,52,62)(H,53,59)(H,54,60)(H,65,66)(H4,45,46,48)/t24-,25+,29-,30-,31-,32-,34-,35-/m0/s1. The van der Waals surface area contributed by atoms with E-state index >= 15 is 0 Å². The van der Waals surface area contributed by atoms with Gasteiger partial charge < -0.3 is 68.8 Å². The Morgan fingerprint density at radius 3 is 2.08 bits per heavy atom. The normalized spacial score (nSPS) is 16.6. The third-order valence-electron chi connectivity index (χ3n) is 11.5. The van der Waals surface area contributed by atoms with Crippen molar-refractivity contribution in [1.82, 2.24) is 46.4 Å². The molecule has 0 unspecified atom stereocenters. The highest BCUT2D eigenvalue weighted by Gasteiger charge is 2.42. The first kappa shape index (κ1) is 53.6. The molecule has 0 aliphatic carbocycles. The molecule has 2 aromatic rings. The van der Waals surface area contributed by atoms with Gasteiger partial charge in [-0.2, -0.15) is 0 Å². The fraction of sp³-hybridized carbons (Fsp3) is 0.581. The minimum Gasteiger partial charge on any atom is -0.508 e. The Labute approximate surface area is 383 Å². The Hall–Kier alpha value is -6.78. The lowest BCUT2D eigenvalue weighted by Crippen LogP contribution is -2.62. The van der Waals surface area contributed by atoms with Crippen LogP contribution in [0.2, 0.25) is 0 Å². The van der Waals surface area contributed by atoms with E-state index in [-0.39, 0.29) is 50.5 Å². The number of likely N-dealkylation sites (tertiary alicyclic amines) is 1. The van der Waals surface area contributed by atoms with E-state index in [1.54, 1.807) is 39.8 Å². The molecule has 23 heteroatoms. The van der Waals surface area contributed by atoms with Gasteiger partial charge in [-0.3, -0.25) is 38.6 Å². The summed E-state index contributed by atoms with van der Waals surface area (Å²) in [6.07, 6.45) is 4.20. The summed E-state index contributed by atoms with van der Waals surface area (Å²) in [5.74, 6) is -7.21. The zero-order valence-corrected chi connectivity index (χ0v) is 38.4. The molecule has 364 valence electrons. The third-order valence-corrected chi connectivity index (χ3v) is 11.5. The number of aliphatic carboxylic acids is 1. The molecule has 2 heterocycles. The summed E-state index contributed by atoms with van der Waals surface area (Å²) in [5.41, 5.74) is 17.3. The number of nitrogens with two attached hydrogens (primary N) is 3. The number of aromatic nitrogens is 2. The second-order valence-electron chi connectivity index (χ2n) is 16.8. The first-order chi connectivity index (χ1) is 31.2. The zero-order valence-electron chi connectivity index (χ0n) is 38.4. The van der Waals surface area contributed by atoms with Crippen molar-refractivity contribution in [3.8, 4) is 5.75 Å². The largest absolute Gasteiger partial charge is 0.508 e. The van der Waals surface area contributed by atoms with Crippen molar-refractivity contribution in [2.45, 2.75) is 122 Å². The quantitative estimate of drug-likeness (QED) is 0.0291. The second-order valence-corrected chi connectivity index (χ2v) is 16.8. The minimum atomic E-state index is -1.35. The van der Waals surface area contributed by atoms with Gasteiger partial charge >= 0.3 is 5.97 Å². The van der Waals surface area contributed by atoms with Crippen LogP contribution in [0.5, 0.6) is 5.75 Å². The molecule has 1 saturated heterocycles. The predicted molar refractivity (Wildman–Crippen MR) is 242 cm³/mol. The summed E-state index contributed by atoms with van der Waals surface area (Å²) in [5, 5.41) is 33.0. The monoisotopic (exact) mass is 926 g/mol. The van der Waals surface area contributed by atoms with Gasteiger partial charge in [0.2, 0.25) is 41.4 Å². The van der Waals surface area contributed by atoms with E-state index in [2.05, 4.69) is 41.5 Å². The van der Waals surface area contributed by atoms with Gasteiger partial charge in [-0.15, -0.1) is 0 Å². The maximum absolute atomic E-state index is 14.4. The number of carboxylic acid groups (broad SMARTS) is 1. The highest BCUT2D eigenvalue weighted by molar-refractivity contribution is 5.98. The van der Waals surface area contributed by atoms with Crippen LogP contribution in [0, 0.1) is 11.8 Å². The van der Waals surface area contributed by atoms with Crippen molar-refractivity contribution in [1.29, 1.82) is 0 Å². The van der Waals surface area contributed by atoms with E-state index in [1.165, 1.54) is 43.5 Å². The van der Waals surface area contributed by atoms with Gasteiger partial charge in [0.15, 0.2) is 5.96 Å². The number of carbonyl (C=O) groups excluding carboxylic acids is 7. The number of rotatable bonds is 25. The number of imidazole rings is 1. The highest BCUT2D eigenvalue weighted by atomic mass is 16.4. The maximum atomic E-state index is 14.4. The number of carbonyl (C=O) groups is 8. The molecule has 1 fully saturated rings. The Morgan fingerprint density at radius 1 is 0.879 bits per heavy atom.